The molecule has 1 aromatic rings. The second-order valence-electron chi connectivity index (χ2n) is 6.37. The van der Waals surface area contributed by atoms with Gasteiger partial charge in [0.2, 0.25) is 0 Å². The molecule has 1 nitrogen and oxygen atoms in total. The van der Waals surface area contributed by atoms with Gasteiger partial charge in [-0.15, -0.1) is 0 Å². The van der Waals surface area contributed by atoms with Gasteiger partial charge in [0, 0.05) is 12.1 Å². The van der Waals surface area contributed by atoms with Crippen molar-refractivity contribution in [3.05, 3.63) is 53.1 Å². The molecule has 1 fully saturated rings. The molecule has 1 N–H and O–H groups in total. The van der Waals surface area contributed by atoms with Crippen LogP contribution in [0.5, 0.6) is 0 Å². The molecule has 4 rings (SSSR count). The topological polar surface area (TPSA) is 12.0 Å². The molecule has 20 heavy (non-hydrogen) atoms. The first-order valence-corrected chi connectivity index (χ1v) is 8.18. The van der Waals surface area contributed by atoms with Gasteiger partial charge in [-0.3, -0.25) is 0 Å². The Labute approximate surface area is 121 Å². The van der Waals surface area contributed by atoms with Gasteiger partial charge in [-0.2, -0.15) is 0 Å². The molecule has 0 saturated heterocycles. The number of fused-ring (bicyclic) bond motifs is 2. The third-order valence-electron chi connectivity index (χ3n) is 5.12. The molecule has 3 aliphatic rings. The van der Waals surface area contributed by atoms with Crippen molar-refractivity contribution in [2.45, 2.75) is 57.0 Å². The quantitative estimate of drug-likeness (QED) is 0.790. The van der Waals surface area contributed by atoms with Crippen LogP contribution in [-0.4, -0.2) is 12.1 Å². The SMILES string of the molecule is C1=C2C(c3ccccc3)=C3CCCCC3NC2CCC1. The second kappa shape index (κ2) is 5.21. The van der Waals surface area contributed by atoms with E-state index in [4.69, 9.17) is 0 Å². The Hall–Kier alpha value is -1.34. The zero-order valence-electron chi connectivity index (χ0n) is 12.1. The van der Waals surface area contributed by atoms with Crippen LogP contribution < -0.4 is 5.32 Å². The van der Waals surface area contributed by atoms with Crippen molar-refractivity contribution in [2.24, 2.45) is 0 Å². The Morgan fingerprint density at radius 3 is 2.65 bits per heavy atom. The van der Waals surface area contributed by atoms with Crippen LogP contribution in [0.3, 0.4) is 0 Å². The summed E-state index contributed by atoms with van der Waals surface area (Å²) in [7, 11) is 0. The highest BCUT2D eigenvalue weighted by atomic mass is 15.0. The molecule has 1 aliphatic heterocycles. The van der Waals surface area contributed by atoms with Crippen molar-refractivity contribution in [1.29, 1.82) is 0 Å². The monoisotopic (exact) mass is 265 g/mol. The first-order valence-electron chi connectivity index (χ1n) is 8.18. The summed E-state index contributed by atoms with van der Waals surface area (Å²) in [6.45, 7) is 0. The lowest BCUT2D eigenvalue weighted by atomic mass is 9.74. The summed E-state index contributed by atoms with van der Waals surface area (Å²) < 4.78 is 0. The molecule has 0 bridgehead atoms. The van der Waals surface area contributed by atoms with E-state index in [1.54, 1.807) is 16.7 Å². The predicted molar refractivity (Wildman–Crippen MR) is 84.5 cm³/mol. The molecule has 0 radical (unpaired) electrons. The Morgan fingerprint density at radius 2 is 1.75 bits per heavy atom. The van der Waals surface area contributed by atoms with Gasteiger partial charge in [0.15, 0.2) is 0 Å². The summed E-state index contributed by atoms with van der Waals surface area (Å²) >= 11 is 0. The van der Waals surface area contributed by atoms with Crippen molar-refractivity contribution in [3.63, 3.8) is 0 Å². The van der Waals surface area contributed by atoms with Crippen LogP contribution in [0.25, 0.3) is 5.57 Å². The molecule has 0 amide bonds. The van der Waals surface area contributed by atoms with Crippen LogP contribution in [0.15, 0.2) is 47.6 Å². The zero-order valence-corrected chi connectivity index (χ0v) is 12.1. The van der Waals surface area contributed by atoms with Crippen molar-refractivity contribution in [3.8, 4) is 0 Å². The van der Waals surface area contributed by atoms with Gasteiger partial charge in [-0.05, 0) is 60.8 Å². The summed E-state index contributed by atoms with van der Waals surface area (Å²) in [6, 6.07) is 12.3. The van der Waals surface area contributed by atoms with Crippen molar-refractivity contribution in [2.75, 3.05) is 0 Å². The minimum Gasteiger partial charge on any atom is -0.303 e. The zero-order chi connectivity index (χ0) is 13.4. The van der Waals surface area contributed by atoms with E-state index >= 15 is 0 Å². The summed E-state index contributed by atoms with van der Waals surface area (Å²) in [5.41, 5.74) is 6.32. The fraction of sp³-hybridized carbons (Fsp3) is 0.474. The minimum absolute atomic E-state index is 0.603. The molecule has 1 heteroatoms. The average Bonchev–Trinajstić information content (AvgIpc) is 2.53. The lowest BCUT2D eigenvalue weighted by Gasteiger charge is -2.41. The highest BCUT2D eigenvalue weighted by molar-refractivity contribution is 5.84. The molecule has 1 heterocycles. The normalized spacial score (nSPS) is 29.5. The summed E-state index contributed by atoms with van der Waals surface area (Å²) in [5, 5.41) is 3.93. The van der Waals surface area contributed by atoms with Gasteiger partial charge in [-0.25, -0.2) is 0 Å². The molecule has 0 aromatic heterocycles. The molecular weight excluding hydrogens is 242 g/mol. The van der Waals surface area contributed by atoms with Gasteiger partial charge < -0.3 is 5.32 Å². The predicted octanol–water partition coefficient (Wildman–Crippen LogP) is 4.46. The number of allylic oxidation sites excluding steroid dienone is 1. The maximum atomic E-state index is 3.93. The summed E-state index contributed by atoms with van der Waals surface area (Å²) in [4.78, 5) is 0. The van der Waals surface area contributed by atoms with E-state index in [0.29, 0.717) is 12.1 Å². The molecule has 1 aromatic carbocycles. The maximum Gasteiger partial charge on any atom is 0.0328 e. The van der Waals surface area contributed by atoms with E-state index in [2.05, 4.69) is 41.7 Å². The van der Waals surface area contributed by atoms with Gasteiger partial charge >= 0.3 is 0 Å². The largest absolute Gasteiger partial charge is 0.303 e. The maximum absolute atomic E-state index is 3.93. The first-order chi connectivity index (χ1) is 9.93. The molecule has 2 atom stereocenters. The lowest BCUT2D eigenvalue weighted by Crippen LogP contribution is -2.46. The minimum atomic E-state index is 0.603. The molecule has 0 spiro atoms. The first kappa shape index (κ1) is 12.4. The van der Waals surface area contributed by atoms with Crippen LogP contribution in [0.4, 0.5) is 0 Å². The Morgan fingerprint density at radius 1 is 0.900 bits per heavy atom. The van der Waals surface area contributed by atoms with E-state index in [1.807, 2.05) is 0 Å². The standard InChI is InChI=1S/C19H23N/c1-2-8-14(9-3-1)19-15-10-4-6-12-17(15)20-18-13-7-5-11-16(18)19/h1-3,8-10,17-18,20H,4-7,11-13H2. The van der Waals surface area contributed by atoms with Crippen LogP contribution in [0.2, 0.25) is 0 Å². The second-order valence-corrected chi connectivity index (χ2v) is 6.37. The van der Waals surface area contributed by atoms with Crippen LogP contribution in [-0.2, 0) is 0 Å². The van der Waals surface area contributed by atoms with Crippen LogP contribution in [0.1, 0.15) is 50.5 Å². The fourth-order valence-electron chi connectivity index (χ4n) is 4.21. The molecule has 1 saturated carbocycles. The average molecular weight is 265 g/mol. The van der Waals surface area contributed by atoms with Gasteiger partial charge in [-0.1, -0.05) is 42.8 Å². The third kappa shape index (κ3) is 2.05. The fourth-order valence-corrected chi connectivity index (χ4v) is 4.21. The number of hydrogen-bond donors (Lipinski definition) is 1. The van der Waals surface area contributed by atoms with Gasteiger partial charge in [0.1, 0.15) is 0 Å². The number of hydrogen-bond acceptors (Lipinski definition) is 1. The van der Waals surface area contributed by atoms with Crippen molar-refractivity contribution >= 4 is 5.57 Å². The highest BCUT2D eigenvalue weighted by Crippen LogP contribution is 2.42. The third-order valence-corrected chi connectivity index (χ3v) is 5.12. The summed E-state index contributed by atoms with van der Waals surface area (Å²) in [5.74, 6) is 0. The lowest BCUT2D eigenvalue weighted by molar-refractivity contribution is 0.390. The van der Waals surface area contributed by atoms with Gasteiger partial charge in [0.05, 0.1) is 0 Å². The number of benzene rings is 1. The van der Waals surface area contributed by atoms with E-state index < -0.39 is 0 Å². The van der Waals surface area contributed by atoms with Crippen LogP contribution in [0, 0.1) is 0 Å². The molecule has 2 unspecified atom stereocenters. The molecule has 104 valence electrons. The van der Waals surface area contributed by atoms with E-state index in [-0.39, 0.29) is 0 Å². The van der Waals surface area contributed by atoms with E-state index in [1.165, 1.54) is 50.5 Å². The van der Waals surface area contributed by atoms with E-state index in [0.717, 1.165) is 0 Å². The van der Waals surface area contributed by atoms with Crippen molar-refractivity contribution in [1.82, 2.24) is 5.32 Å². The Balaban J connectivity index is 1.87. The van der Waals surface area contributed by atoms with Crippen LogP contribution >= 0.6 is 0 Å². The highest BCUT2D eigenvalue weighted by Gasteiger charge is 2.34. The van der Waals surface area contributed by atoms with Gasteiger partial charge in [0.25, 0.3) is 0 Å². The Kier molecular flexibility index (Phi) is 3.23. The molecule has 2 aliphatic carbocycles. The Bertz CT molecular complexity index is 552. The smallest absolute Gasteiger partial charge is 0.0328 e. The number of rotatable bonds is 1. The summed E-state index contributed by atoms with van der Waals surface area (Å²) in [6.07, 6.45) is 11.8. The number of nitrogens with one attached hydrogen (secondary N) is 1. The van der Waals surface area contributed by atoms with Crippen molar-refractivity contribution < 1.29 is 0 Å². The molecular formula is C19H23N. The van der Waals surface area contributed by atoms with E-state index in [9.17, 15) is 0 Å².